The number of carboxylic acids is 2. The van der Waals surface area contributed by atoms with Crippen LogP contribution in [0.15, 0.2) is 0 Å². The smallest absolute Gasteiger partial charge is 0.362 e. The van der Waals surface area contributed by atoms with E-state index >= 15 is 0 Å². The first-order chi connectivity index (χ1) is 5.45. The molecule has 0 rings (SSSR count). The normalized spacial score (nSPS) is 10.1. The van der Waals surface area contributed by atoms with Gasteiger partial charge in [-0.05, 0) is 0 Å². The molecule has 0 saturated carbocycles. The second kappa shape index (κ2) is 7.32. The molecule has 0 saturated heterocycles. The monoisotopic (exact) mass is 176 g/mol. The number of carbonyl (C=O) groups is 2. The molecular weight excluding hydrogens is 168 g/mol. The van der Waals surface area contributed by atoms with Crippen LogP contribution < -0.4 is 5.73 Å². The number of quaternary nitrogens is 1. The molecule has 0 fully saturated rings. The number of aliphatic carboxylic acids is 2. The lowest BCUT2D eigenvalue weighted by atomic mass is 10.2. The molecule has 0 unspecified atom stereocenters. The van der Waals surface area contributed by atoms with Crippen LogP contribution in [-0.2, 0) is 9.59 Å². The summed E-state index contributed by atoms with van der Waals surface area (Å²) in [6, 6.07) is -1.04. The quantitative estimate of drug-likeness (QED) is 0.286. The molecule has 5 N–H and O–H groups in total. The minimum atomic E-state index is -1.18. The van der Waals surface area contributed by atoms with Gasteiger partial charge in [-0.2, -0.15) is 0 Å². The van der Waals surface area contributed by atoms with Crippen molar-refractivity contribution in [3.05, 3.63) is 16.0 Å². The van der Waals surface area contributed by atoms with Crippen LogP contribution in [-0.4, -0.2) is 28.2 Å². The van der Waals surface area contributed by atoms with E-state index in [1.54, 1.807) is 0 Å². The van der Waals surface area contributed by atoms with Crippen LogP contribution in [0, 0.1) is 0 Å². The molecule has 0 bridgehead atoms. The molecule has 0 aromatic rings. The lowest BCUT2D eigenvalue weighted by Crippen LogP contribution is -2.65. The highest BCUT2D eigenvalue weighted by molar-refractivity contribution is 5.78. The fourth-order valence-corrected chi connectivity index (χ4v) is 0.298. The minimum absolute atomic E-state index is 0.421. The van der Waals surface area contributed by atoms with E-state index in [1.165, 1.54) is 4.91 Å². The zero-order chi connectivity index (χ0) is 10.1. The van der Waals surface area contributed by atoms with Gasteiger partial charge in [0.05, 0.1) is 0 Å². The van der Waals surface area contributed by atoms with E-state index in [9.17, 15) is 9.59 Å². The molecule has 1 atom stereocenters. The summed E-state index contributed by atoms with van der Waals surface area (Å²) in [7, 11) is 0. The Morgan fingerprint density at radius 3 is 1.83 bits per heavy atom. The molecule has 68 valence electrons. The topological polar surface area (TPSA) is 161 Å². The molecule has 0 aliphatic carbocycles. The summed E-state index contributed by atoms with van der Waals surface area (Å²) < 4.78 is 0. The second-order valence-corrected chi connectivity index (χ2v) is 1.72. The fraction of sp³-hybridized carbons (Fsp3) is 0.500. The highest BCUT2D eigenvalue weighted by Gasteiger charge is 2.18. The van der Waals surface area contributed by atoms with Gasteiger partial charge in [0.1, 0.15) is 6.42 Å². The zero-order valence-corrected chi connectivity index (χ0v) is 6.04. The molecule has 0 spiro atoms. The van der Waals surface area contributed by atoms with Gasteiger partial charge in [-0.1, -0.05) is 0 Å². The van der Waals surface area contributed by atoms with Gasteiger partial charge in [0.25, 0.3) is 0 Å². The molecule has 0 aliphatic rings. The summed E-state index contributed by atoms with van der Waals surface area (Å²) in [4.78, 5) is 21.2. The summed E-state index contributed by atoms with van der Waals surface area (Å²) in [5, 5.41) is 16.1. The van der Waals surface area contributed by atoms with Crippen LogP contribution in [0.5, 0.6) is 0 Å². The molecule has 8 nitrogen and oxygen atoms in total. The van der Waals surface area contributed by atoms with Crippen molar-refractivity contribution in [2.75, 3.05) is 0 Å². The van der Waals surface area contributed by atoms with Crippen molar-refractivity contribution in [3.8, 4) is 0 Å². The summed E-state index contributed by atoms with van der Waals surface area (Å²) in [6.45, 7) is 0. The van der Waals surface area contributed by atoms with Crippen molar-refractivity contribution >= 4 is 11.9 Å². The number of carboxylic acid groups (broad SMARTS) is 2. The lowest BCUT2D eigenvalue weighted by molar-refractivity contribution is -0.407. The van der Waals surface area contributed by atoms with E-state index in [0.717, 1.165) is 0 Å². The third-order valence-electron chi connectivity index (χ3n) is 0.770. The SMILES string of the molecule is [N-]=[N+]=[N-].[NH3+][C@@H](CC(=O)O)C(=O)O. The highest BCUT2D eigenvalue weighted by Crippen LogP contribution is 1.83. The minimum Gasteiger partial charge on any atom is -0.481 e. The molecule has 0 aromatic heterocycles. The van der Waals surface area contributed by atoms with Crippen LogP contribution >= 0.6 is 0 Å². The molecule has 0 radical (unpaired) electrons. The first-order valence-corrected chi connectivity index (χ1v) is 2.71. The zero-order valence-electron chi connectivity index (χ0n) is 6.04. The van der Waals surface area contributed by atoms with Crippen LogP contribution in [0.4, 0.5) is 0 Å². The van der Waals surface area contributed by atoms with Crippen LogP contribution in [0.2, 0.25) is 0 Å². The predicted molar refractivity (Wildman–Crippen MR) is 36.6 cm³/mol. The molecule has 8 heteroatoms. The molecule has 0 aromatic carbocycles. The summed E-state index contributed by atoms with van der Waals surface area (Å²) in [6.07, 6.45) is -0.421. The van der Waals surface area contributed by atoms with Gasteiger partial charge >= 0.3 is 11.9 Å². The molecule has 12 heavy (non-hydrogen) atoms. The fourth-order valence-electron chi connectivity index (χ4n) is 0.298. The number of nitrogens with zero attached hydrogens (tertiary/aromatic N) is 3. The van der Waals surface area contributed by atoms with Gasteiger partial charge in [-0.25, -0.2) is 4.79 Å². The molecule has 0 amide bonds. The standard InChI is InChI=1S/C4H7NO4.N3/c5-2(4(8)9)1-3(6)7;1-3-2/h2H,1,5H2,(H,6,7)(H,8,9);/q;-1/p+1/t2-;/m0./s1. The first-order valence-electron chi connectivity index (χ1n) is 2.71. The van der Waals surface area contributed by atoms with Gasteiger partial charge < -0.3 is 27.0 Å². The van der Waals surface area contributed by atoms with Gasteiger partial charge in [-0.3, -0.25) is 9.71 Å². The van der Waals surface area contributed by atoms with Gasteiger partial charge in [0.2, 0.25) is 0 Å². The van der Waals surface area contributed by atoms with Gasteiger partial charge in [0, 0.05) is 0 Å². The Hall–Kier alpha value is -1.79. The largest absolute Gasteiger partial charge is 0.481 e. The van der Waals surface area contributed by atoms with Crippen LogP contribution in [0.25, 0.3) is 16.0 Å². The Labute approximate surface area is 67.0 Å². The Balaban J connectivity index is 0. The van der Waals surface area contributed by atoms with Gasteiger partial charge in [0.15, 0.2) is 6.04 Å². The van der Waals surface area contributed by atoms with Crippen molar-refractivity contribution in [2.24, 2.45) is 0 Å². The number of hydrogen-bond donors (Lipinski definition) is 3. The van der Waals surface area contributed by atoms with Crippen molar-refractivity contribution in [1.82, 2.24) is 0 Å². The molecular formula is C4H8N4O4. The highest BCUT2D eigenvalue weighted by atomic mass is 16.4. The average molecular weight is 176 g/mol. The van der Waals surface area contributed by atoms with E-state index in [1.807, 2.05) is 0 Å². The van der Waals surface area contributed by atoms with E-state index in [0.29, 0.717) is 0 Å². The maximum atomic E-state index is 9.91. The van der Waals surface area contributed by atoms with E-state index in [2.05, 4.69) is 5.73 Å². The van der Waals surface area contributed by atoms with E-state index in [4.69, 9.17) is 21.3 Å². The maximum Gasteiger partial charge on any atom is 0.362 e. The van der Waals surface area contributed by atoms with Crippen LogP contribution in [0.3, 0.4) is 0 Å². The van der Waals surface area contributed by atoms with Gasteiger partial charge in [-0.15, -0.1) is 0 Å². The number of hydrogen-bond acceptors (Lipinski definition) is 2. The van der Waals surface area contributed by atoms with Crippen molar-refractivity contribution in [1.29, 1.82) is 0 Å². The summed E-state index contributed by atoms with van der Waals surface area (Å²) in [5.41, 5.74) is 16.6. The molecule has 0 heterocycles. The lowest BCUT2D eigenvalue weighted by Gasteiger charge is -1.95. The summed E-state index contributed by atoms with van der Waals surface area (Å²) in [5.74, 6) is -2.32. The Kier molecular flexibility index (Phi) is 7.84. The predicted octanol–water partition coefficient (Wildman–Crippen LogP) is -0.978. The Morgan fingerprint density at radius 2 is 1.75 bits per heavy atom. The first kappa shape index (κ1) is 12.8. The van der Waals surface area contributed by atoms with E-state index in [-0.39, 0.29) is 0 Å². The second-order valence-electron chi connectivity index (χ2n) is 1.72. The average Bonchev–Trinajstić information content (AvgIpc) is 1.87. The Morgan fingerprint density at radius 1 is 1.42 bits per heavy atom. The Bertz CT molecular complexity index is 197. The number of rotatable bonds is 3. The molecule has 0 aliphatic heterocycles. The third-order valence-corrected chi connectivity index (χ3v) is 0.770. The van der Waals surface area contributed by atoms with Crippen molar-refractivity contribution in [2.45, 2.75) is 12.5 Å². The third kappa shape index (κ3) is 11.1. The van der Waals surface area contributed by atoms with Crippen molar-refractivity contribution in [3.63, 3.8) is 0 Å². The maximum absolute atomic E-state index is 9.91. The van der Waals surface area contributed by atoms with E-state index < -0.39 is 24.4 Å². The van der Waals surface area contributed by atoms with Crippen LogP contribution in [0.1, 0.15) is 6.42 Å². The van der Waals surface area contributed by atoms with Crippen molar-refractivity contribution < 1.29 is 25.5 Å². The summed E-state index contributed by atoms with van der Waals surface area (Å²) >= 11 is 0.